The van der Waals surface area contributed by atoms with Gasteiger partial charge < -0.3 is 9.84 Å². The van der Waals surface area contributed by atoms with Crippen molar-refractivity contribution >= 4 is 46.7 Å². The van der Waals surface area contributed by atoms with Crippen LogP contribution >= 0.6 is 23.2 Å². The van der Waals surface area contributed by atoms with Gasteiger partial charge in [0.25, 0.3) is 0 Å². The number of carboxylic acid groups (broad SMARTS) is 1. The highest BCUT2D eigenvalue weighted by Gasteiger charge is 2.26. The molecule has 0 amide bonds. The Balaban J connectivity index is 1.52. The molecule has 6 nitrogen and oxygen atoms in total. The molecule has 0 aromatic heterocycles. The summed E-state index contributed by atoms with van der Waals surface area (Å²) in [5, 5.41) is 10.9. The molecule has 196 valence electrons. The molecule has 0 aliphatic rings. The Labute approximate surface area is 234 Å². The predicted octanol–water partition coefficient (Wildman–Crippen LogP) is 6.93. The monoisotopic (exact) mass is 560 g/mol. The maximum Gasteiger partial charge on any atom is 0.312 e. The molecule has 1 N–H and O–H groups in total. The zero-order valence-corrected chi connectivity index (χ0v) is 22.2. The first-order valence-electron chi connectivity index (χ1n) is 11.9. The van der Waals surface area contributed by atoms with Crippen LogP contribution in [0, 0.1) is 6.92 Å². The van der Waals surface area contributed by atoms with Crippen molar-refractivity contribution in [3.63, 3.8) is 0 Å². The molecule has 4 aromatic rings. The third-order valence-electron chi connectivity index (χ3n) is 6.19. The Morgan fingerprint density at radius 2 is 1.31 bits per heavy atom. The van der Waals surface area contributed by atoms with Gasteiger partial charge in [0.2, 0.25) is 0 Å². The molecule has 0 saturated heterocycles. The summed E-state index contributed by atoms with van der Waals surface area (Å²) in [7, 11) is 0. The zero-order chi connectivity index (χ0) is 28.1. The van der Waals surface area contributed by atoms with Gasteiger partial charge in [0.15, 0.2) is 11.6 Å². The third-order valence-corrected chi connectivity index (χ3v) is 6.69. The number of esters is 1. The van der Waals surface area contributed by atoms with Crippen LogP contribution in [0.2, 0.25) is 10.0 Å². The smallest absolute Gasteiger partial charge is 0.312 e. The number of hydrogen-bond acceptors (Lipinski definition) is 5. The van der Waals surface area contributed by atoms with Gasteiger partial charge in [-0.3, -0.25) is 19.2 Å². The van der Waals surface area contributed by atoms with Crippen LogP contribution < -0.4 is 4.74 Å². The van der Waals surface area contributed by atoms with Gasteiger partial charge in [0, 0.05) is 37.9 Å². The number of benzene rings is 4. The van der Waals surface area contributed by atoms with Crippen molar-refractivity contribution in [1.82, 2.24) is 0 Å². The van der Waals surface area contributed by atoms with Crippen molar-refractivity contribution in [2.24, 2.45) is 0 Å². The lowest BCUT2D eigenvalue weighted by molar-refractivity contribution is -0.144. The number of carbonyl (C=O) groups is 4. The van der Waals surface area contributed by atoms with Crippen molar-refractivity contribution in [3.05, 3.63) is 134 Å². The number of ether oxygens (including phenoxy) is 1. The molecule has 0 aliphatic carbocycles. The highest BCUT2D eigenvalue weighted by molar-refractivity contribution is 6.31. The molecule has 0 spiro atoms. The second-order valence-electron chi connectivity index (χ2n) is 8.80. The number of ketones is 2. The quantitative estimate of drug-likeness (QED) is 0.135. The minimum atomic E-state index is -1.25. The summed E-state index contributed by atoms with van der Waals surface area (Å²) in [6.07, 6.45) is -0.483. The maximum atomic E-state index is 13.0. The Hall–Kier alpha value is -4.26. The van der Waals surface area contributed by atoms with Crippen molar-refractivity contribution in [1.29, 1.82) is 0 Å². The highest BCUT2D eigenvalue weighted by Crippen LogP contribution is 2.27. The predicted molar refractivity (Wildman–Crippen MR) is 148 cm³/mol. The second kappa shape index (κ2) is 12.1. The summed E-state index contributed by atoms with van der Waals surface area (Å²) in [5.41, 5.74) is 2.15. The average Bonchev–Trinajstić information content (AvgIpc) is 2.93. The highest BCUT2D eigenvalue weighted by atomic mass is 35.5. The minimum absolute atomic E-state index is 0.149. The number of carbonyl (C=O) groups excluding carboxylic acids is 3. The van der Waals surface area contributed by atoms with E-state index in [-0.39, 0.29) is 28.4 Å². The van der Waals surface area contributed by atoms with Crippen LogP contribution in [0.5, 0.6) is 5.75 Å². The molecule has 0 heterocycles. The molecule has 0 aliphatic heterocycles. The van der Waals surface area contributed by atoms with Gasteiger partial charge in [0.05, 0.1) is 12.3 Å². The zero-order valence-electron chi connectivity index (χ0n) is 20.7. The summed E-state index contributed by atoms with van der Waals surface area (Å²) in [5.74, 6) is -3.72. The summed E-state index contributed by atoms with van der Waals surface area (Å²) in [6.45, 7) is 1.65. The fraction of sp³-hybridized carbons (Fsp3) is 0.0968. The molecule has 0 fully saturated rings. The number of halogens is 2. The Morgan fingerprint density at radius 3 is 1.90 bits per heavy atom. The lowest BCUT2D eigenvalue weighted by atomic mass is 9.92. The number of rotatable bonds is 9. The van der Waals surface area contributed by atoms with E-state index < -0.39 is 24.3 Å². The topological polar surface area (TPSA) is 97.7 Å². The molecule has 4 aromatic carbocycles. The minimum Gasteiger partial charge on any atom is -0.481 e. The van der Waals surface area contributed by atoms with Gasteiger partial charge in [-0.15, -0.1) is 0 Å². The average molecular weight is 561 g/mol. The van der Waals surface area contributed by atoms with Gasteiger partial charge in [-0.2, -0.15) is 0 Å². The van der Waals surface area contributed by atoms with E-state index in [1.165, 1.54) is 12.1 Å². The van der Waals surface area contributed by atoms with E-state index in [0.717, 1.165) is 0 Å². The van der Waals surface area contributed by atoms with Crippen LogP contribution in [0.3, 0.4) is 0 Å². The van der Waals surface area contributed by atoms with Gasteiger partial charge in [-0.25, -0.2) is 0 Å². The van der Waals surface area contributed by atoms with Gasteiger partial charge in [-0.1, -0.05) is 53.5 Å². The van der Waals surface area contributed by atoms with Crippen LogP contribution in [0.1, 0.15) is 55.3 Å². The Kier molecular flexibility index (Phi) is 8.59. The van der Waals surface area contributed by atoms with Crippen molar-refractivity contribution in [2.45, 2.75) is 19.3 Å². The van der Waals surface area contributed by atoms with Gasteiger partial charge in [-0.05, 0) is 73.2 Å². The van der Waals surface area contributed by atoms with Crippen molar-refractivity contribution in [3.8, 4) is 5.75 Å². The standard InChI is InChI=1S/C31H22Cl2O6/c1-18-25(30(36)20-10-14-24(33)15-11-20)6-3-7-27(18)39-28(34)17-26(31(37)38)21-4-2-5-22(16-21)29(35)19-8-12-23(32)13-9-19/h2-16,26H,17H2,1H3,(H,37,38). The molecule has 39 heavy (non-hydrogen) atoms. The van der Waals surface area contributed by atoms with E-state index in [9.17, 15) is 24.3 Å². The molecule has 0 saturated carbocycles. The lowest BCUT2D eigenvalue weighted by Gasteiger charge is -2.15. The van der Waals surface area contributed by atoms with Gasteiger partial charge in [0.1, 0.15) is 5.75 Å². The van der Waals surface area contributed by atoms with Crippen LogP contribution in [-0.4, -0.2) is 28.6 Å². The normalized spacial score (nSPS) is 11.5. The molecule has 1 unspecified atom stereocenters. The van der Waals surface area contributed by atoms with E-state index in [1.807, 2.05) is 0 Å². The number of carboxylic acids is 1. The molecular formula is C31H22Cl2O6. The fourth-order valence-corrected chi connectivity index (χ4v) is 4.32. The molecule has 1 atom stereocenters. The number of hydrogen-bond donors (Lipinski definition) is 1. The van der Waals surface area contributed by atoms with E-state index in [1.54, 1.807) is 85.8 Å². The van der Waals surface area contributed by atoms with E-state index in [0.29, 0.717) is 32.3 Å². The molecule has 8 heteroatoms. The largest absolute Gasteiger partial charge is 0.481 e. The lowest BCUT2D eigenvalue weighted by Crippen LogP contribution is -2.20. The molecule has 0 radical (unpaired) electrons. The third kappa shape index (κ3) is 6.60. The number of aliphatic carboxylic acids is 1. The van der Waals surface area contributed by atoms with E-state index in [4.69, 9.17) is 27.9 Å². The van der Waals surface area contributed by atoms with Crippen LogP contribution in [0.25, 0.3) is 0 Å². The van der Waals surface area contributed by atoms with Gasteiger partial charge >= 0.3 is 11.9 Å². The summed E-state index contributed by atoms with van der Waals surface area (Å²) >= 11 is 11.8. The van der Waals surface area contributed by atoms with Crippen LogP contribution in [-0.2, 0) is 9.59 Å². The molecule has 0 bridgehead atoms. The second-order valence-corrected chi connectivity index (χ2v) is 9.67. The summed E-state index contributed by atoms with van der Waals surface area (Å²) < 4.78 is 5.50. The maximum absolute atomic E-state index is 13.0. The van der Waals surface area contributed by atoms with E-state index in [2.05, 4.69) is 0 Å². The van der Waals surface area contributed by atoms with Crippen LogP contribution in [0.15, 0.2) is 91.0 Å². The first-order chi connectivity index (χ1) is 18.6. The molecule has 4 rings (SSSR count). The van der Waals surface area contributed by atoms with Crippen LogP contribution in [0.4, 0.5) is 0 Å². The Morgan fingerprint density at radius 1 is 0.744 bits per heavy atom. The Bertz CT molecular complexity index is 1560. The fourth-order valence-electron chi connectivity index (χ4n) is 4.07. The first kappa shape index (κ1) is 27.8. The summed E-state index contributed by atoms with van der Waals surface area (Å²) in [4.78, 5) is 50.8. The summed E-state index contributed by atoms with van der Waals surface area (Å²) in [6, 6.07) is 23.6. The first-order valence-corrected chi connectivity index (χ1v) is 12.6. The SMILES string of the molecule is Cc1c(OC(=O)CC(C(=O)O)c2cccc(C(=O)c3ccc(Cl)cc3)c2)cccc1C(=O)c1ccc(Cl)cc1. The molecular weight excluding hydrogens is 539 g/mol. The van der Waals surface area contributed by atoms with Crippen molar-refractivity contribution in [2.75, 3.05) is 0 Å². The van der Waals surface area contributed by atoms with Crippen molar-refractivity contribution < 1.29 is 29.0 Å². The van der Waals surface area contributed by atoms with E-state index >= 15 is 0 Å².